The Morgan fingerprint density at radius 1 is 0.939 bits per heavy atom. The Labute approximate surface area is 209 Å². The molecule has 0 saturated heterocycles. The van der Waals surface area contributed by atoms with Gasteiger partial charge in [-0.1, -0.05) is 27.6 Å². The molecular formula is C20H33N7O6. The Morgan fingerprint density at radius 2 is 1.45 bits per heavy atom. The quantitative estimate of drug-likeness (QED) is 0.388. The third kappa shape index (κ3) is 6.20. The number of nitrogen functional groups attached to an aromatic ring is 2. The first-order valence-corrected chi connectivity index (χ1v) is 9.34. The minimum absolute atomic E-state index is 0.0230. The van der Waals surface area contributed by atoms with Crippen molar-refractivity contribution in [3.05, 3.63) is 57.9 Å². The number of aromatic nitrogens is 4. The van der Waals surface area contributed by atoms with Gasteiger partial charge >= 0.3 is 22.6 Å². The Bertz CT molecular complexity index is 1740. The summed E-state index contributed by atoms with van der Waals surface area (Å²) >= 11 is 0. The molecule has 0 unspecified atom stereocenters. The lowest BCUT2D eigenvalue weighted by Crippen LogP contribution is -2.42. The van der Waals surface area contributed by atoms with Gasteiger partial charge in [0.2, 0.25) is 0 Å². The average Bonchev–Trinajstić information content (AvgIpc) is 2.87. The maximum absolute atomic E-state index is 12.4. The maximum Gasteiger partial charge on any atom is 0.374 e. The molecule has 4 N–H and O–H groups in total. The van der Waals surface area contributed by atoms with Gasteiger partial charge in [0.05, 0.1) is 4.92 Å². The highest BCUT2D eigenvalue weighted by Gasteiger charge is 2.25. The second-order valence-electron chi connectivity index (χ2n) is 6.22. The zero-order valence-electron chi connectivity index (χ0n) is 31.7. The van der Waals surface area contributed by atoms with Gasteiger partial charge in [-0.2, -0.15) is 0 Å². The van der Waals surface area contributed by atoms with E-state index < -0.39 is 84.2 Å². The molecule has 33 heavy (non-hydrogen) atoms. The summed E-state index contributed by atoms with van der Waals surface area (Å²) < 4.78 is 105. The number of nitrogens with two attached hydrogens (primary N) is 2. The molecule has 13 nitrogen and oxygen atoms in total. The fourth-order valence-corrected chi connectivity index (χ4v) is 2.60. The normalized spacial score (nSPS) is 19.3. The molecule has 0 aliphatic rings. The number of rotatable bonds is 9. The zero-order chi connectivity index (χ0) is 37.5. The summed E-state index contributed by atoms with van der Waals surface area (Å²) in [5.74, 6) is -1.90. The average molecular weight is 482 g/mol. The number of hydrogen-bond acceptors (Lipinski definition) is 8. The first-order valence-electron chi connectivity index (χ1n) is 16.3. The lowest BCUT2D eigenvalue weighted by Gasteiger charge is -2.11. The molecule has 0 aliphatic heterocycles. The molecule has 2 heterocycles. The van der Waals surface area contributed by atoms with Crippen molar-refractivity contribution in [3.63, 3.8) is 0 Å². The summed E-state index contributed by atoms with van der Waals surface area (Å²) in [4.78, 5) is 58.4. The van der Waals surface area contributed by atoms with Crippen molar-refractivity contribution in [1.82, 2.24) is 18.3 Å². The molecule has 2 aromatic heterocycles. The maximum atomic E-state index is 12.4. The first-order chi connectivity index (χ1) is 20.9. The summed E-state index contributed by atoms with van der Waals surface area (Å²) in [5.41, 5.74) is 4.73. The molecule has 2 aromatic rings. The van der Waals surface area contributed by atoms with E-state index in [-0.39, 0.29) is 28.6 Å². The van der Waals surface area contributed by atoms with Crippen LogP contribution in [0.15, 0.2) is 25.2 Å². The molecule has 0 saturated carbocycles. The standard InChI is InChI=1S/C10H16N4O4.C10H17N3O2/c1-3-5-12-8(11)7(14(17)18)9(15)13(6-4-2)10(12)16;1-3-5-12-8(11)7-9(14)13(6-4-2)10(12)15/h3-6,11H2,1-2H3;7H,3-6,11H2,1-2H3/i2*1D3,3D2,5D2. The summed E-state index contributed by atoms with van der Waals surface area (Å²) in [6, 6.07) is 0.768. The predicted molar refractivity (Wildman–Crippen MR) is 127 cm³/mol. The van der Waals surface area contributed by atoms with Crippen LogP contribution in [0.3, 0.4) is 0 Å². The van der Waals surface area contributed by atoms with Crippen molar-refractivity contribution in [2.24, 2.45) is 0 Å². The minimum atomic E-state index is -3.64. The molecule has 0 radical (unpaired) electrons. The van der Waals surface area contributed by atoms with Crippen LogP contribution in [0.2, 0.25) is 0 Å². The molecule has 0 aliphatic carbocycles. The van der Waals surface area contributed by atoms with Crippen molar-refractivity contribution in [2.45, 2.75) is 79.2 Å². The minimum Gasteiger partial charge on any atom is -0.385 e. The van der Waals surface area contributed by atoms with E-state index in [4.69, 9.17) is 30.7 Å². The lowest BCUT2D eigenvalue weighted by atomic mass is 10.4. The van der Waals surface area contributed by atoms with Gasteiger partial charge in [-0.15, -0.1) is 0 Å². The summed E-state index contributed by atoms with van der Waals surface area (Å²) in [6.45, 7) is -10.9. The van der Waals surface area contributed by atoms with Crippen LogP contribution in [-0.2, 0) is 26.1 Å². The monoisotopic (exact) mass is 481 g/mol. The fourth-order valence-electron chi connectivity index (χ4n) is 2.60. The van der Waals surface area contributed by atoms with Gasteiger partial charge < -0.3 is 11.5 Å². The second kappa shape index (κ2) is 12.4. The van der Waals surface area contributed by atoms with Crippen molar-refractivity contribution in [2.75, 3.05) is 11.5 Å². The molecule has 184 valence electrons. The van der Waals surface area contributed by atoms with E-state index in [0.717, 1.165) is 6.07 Å². The highest BCUT2D eigenvalue weighted by atomic mass is 16.6. The Hall–Kier alpha value is -3.64. The Balaban J connectivity index is 0.000000474. The van der Waals surface area contributed by atoms with Crippen molar-refractivity contribution < 1.29 is 24.1 Å². The van der Waals surface area contributed by atoms with E-state index in [1.165, 1.54) is 6.92 Å². The molecule has 0 spiro atoms. The van der Waals surface area contributed by atoms with Gasteiger partial charge in [0.25, 0.3) is 5.56 Å². The van der Waals surface area contributed by atoms with Gasteiger partial charge in [-0.3, -0.25) is 38.0 Å². The van der Waals surface area contributed by atoms with Gasteiger partial charge in [0, 0.05) is 51.3 Å². The molecule has 13 heteroatoms. The molecule has 0 atom stereocenters. The molecule has 0 amide bonds. The number of anilines is 2. The largest absolute Gasteiger partial charge is 0.385 e. The summed E-state index contributed by atoms with van der Waals surface area (Å²) in [6.07, 6.45) is -6.47. The van der Waals surface area contributed by atoms with Gasteiger partial charge in [0.1, 0.15) is 5.82 Å². The van der Waals surface area contributed by atoms with Gasteiger partial charge in [0.15, 0.2) is 5.82 Å². The predicted octanol–water partition coefficient (Wildman–Crippen LogP) is 0.733. The van der Waals surface area contributed by atoms with Crippen LogP contribution in [0, 0.1) is 10.1 Å². The van der Waals surface area contributed by atoms with E-state index in [1.807, 2.05) is 0 Å². The lowest BCUT2D eigenvalue weighted by molar-refractivity contribution is -0.386. The third-order valence-electron chi connectivity index (χ3n) is 3.98. The topological polar surface area (TPSA) is 183 Å². The first kappa shape index (κ1) is 12.6. The molecule has 0 bridgehead atoms. The number of hydrogen-bond donors (Lipinski definition) is 2. The smallest absolute Gasteiger partial charge is 0.374 e. The van der Waals surface area contributed by atoms with Crippen molar-refractivity contribution in [3.8, 4) is 0 Å². The van der Waals surface area contributed by atoms with Crippen LogP contribution in [0.25, 0.3) is 0 Å². The van der Waals surface area contributed by atoms with Gasteiger partial charge in [-0.25, -0.2) is 9.59 Å². The molecule has 2 rings (SSSR count). The van der Waals surface area contributed by atoms with Crippen molar-refractivity contribution >= 4 is 17.3 Å². The van der Waals surface area contributed by atoms with E-state index in [9.17, 15) is 29.3 Å². The molecule has 0 fully saturated rings. The number of nitrogens with zero attached hydrogens (tertiary/aromatic N) is 5. The van der Waals surface area contributed by atoms with Crippen molar-refractivity contribution in [1.29, 1.82) is 0 Å². The molecular weight excluding hydrogens is 434 g/mol. The van der Waals surface area contributed by atoms with E-state index in [0.29, 0.717) is 15.6 Å². The van der Waals surface area contributed by atoms with Crippen LogP contribution in [0.4, 0.5) is 17.3 Å². The van der Waals surface area contributed by atoms with Crippen LogP contribution in [-0.4, -0.2) is 23.2 Å². The highest BCUT2D eigenvalue weighted by Crippen LogP contribution is 2.13. The fraction of sp³-hybridized carbons (Fsp3) is 0.600. The Morgan fingerprint density at radius 3 is 1.97 bits per heavy atom. The SMILES string of the molecule is [2H]C([2H])([2H])C([2H])([2H])C([2H])([2H])n1c(N)c([N+](=O)[O-])c(=O)n(CCC)c1=O.[2H]C([2H])([2H])C([2H])([2H])C([2H])([2H])n1c(N)cc(=O)n(CCC)c1=O. The number of nitro groups is 1. The highest BCUT2D eigenvalue weighted by molar-refractivity contribution is 5.50. The Kier molecular flexibility index (Phi) is 4.72. The second-order valence-corrected chi connectivity index (χ2v) is 6.22. The summed E-state index contributed by atoms with van der Waals surface area (Å²) in [5, 5.41) is 11.1. The molecule has 0 aromatic carbocycles. The summed E-state index contributed by atoms with van der Waals surface area (Å²) in [7, 11) is 0. The van der Waals surface area contributed by atoms with E-state index in [2.05, 4.69) is 0 Å². The third-order valence-corrected chi connectivity index (χ3v) is 3.98. The van der Waals surface area contributed by atoms with Crippen LogP contribution in [0.1, 0.15) is 72.3 Å². The van der Waals surface area contributed by atoms with E-state index >= 15 is 0 Å². The van der Waals surface area contributed by atoms with Gasteiger partial charge in [-0.05, 0) is 25.6 Å². The van der Waals surface area contributed by atoms with E-state index in [1.54, 1.807) is 6.92 Å². The van der Waals surface area contributed by atoms with Crippen LogP contribution >= 0.6 is 0 Å². The zero-order valence-corrected chi connectivity index (χ0v) is 17.7. The van der Waals surface area contributed by atoms with Crippen LogP contribution < -0.4 is 34.0 Å². The van der Waals surface area contributed by atoms with Crippen LogP contribution in [0.5, 0.6) is 0 Å².